The first-order valence-corrected chi connectivity index (χ1v) is 7.98. The topological polar surface area (TPSA) is 122 Å². The van der Waals surface area contributed by atoms with Gasteiger partial charge in [0.25, 0.3) is 0 Å². The lowest BCUT2D eigenvalue weighted by molar-refractivity contribution is 0.354. The van der Waals surface area contributed by atoms with Crippen molar-refractivity contribution < 1.29 is 9.47 Å². The summed E-state index contributed by atoms with van der Waals surface area (Å²) in [7, 11) is 3.21. The van der Waals surface area contributed by atoms with Crippen LogP contribution >= 0.6 is 11.8 Å². The lowest BCUT2D eigenvalue weighted by Gasteiger charge is -2.09. The largest absolute Gasteiger partial charge is 0.493 e. The Morgan fingerprint density at radius 1 is 1.04 bits per heavy atom. The van der Waals surface area contributed by atoms with E-state index in [1.54, 1.807) is 32.2 Å². The molecule has 24 heavy (non-hydrogen) atoms. The van der Waals surface area contributed by atoms with E-state index >= 15 is 0 Å². The number of nitrogens with two attached hydrogens (primary N) is 2. The predicted octanol–water partition coefficient (Wildman–Crippen LogP) is 1.89. The van der Waals surface area contributed by atoms with Crippen LogP contribution in [0.5, 0.6) is 11.5 Å². The average Bonchev–Trinajstić information content (AvgIpc) is 2.59. The van der Waals surface area contributed by atoms with Gasteiger partial charge in [0.15, 0.2) is 28.5 Å². The Labute approximate surface area is 142 Å². The lowest BCUT2D eigenvalue weighted by atomic mass is 10.3. The Hall–Kier alpha value is -2.81. The van der Waals surface area contributed by atoms with E-state index < -0.39 is 0 Å². The van der Waals surface area contributed by atoms with Crippen LogP contribution in [0.15, 0.2) is 29.3 Å². The molecule has 3 rings (SSSR count). The highest BCUT2D eigenvalue weighted by atomic mass is 32.2. The van der Waals surface area contributed by atoms with Crippen LogP contribution in [0, 0.1) is 0 Å². The summed E-state index contributed by atoms with van der Waals surface area (Å²) in [6.45, 7) is 0. The molecular weight excluding hydrogens is 328 g/mol. The second kappa shape index (κ2) is 6.75. The van der Waals surface area contributed by atoms with Crippen molar-refractivity contribution in [2.24, 2.45) is 0 Å². The molecular formula is C15H16N6O2S. The van der Waals surface area contributed by atoms with Gasteiger partial charge in [-0.05, 0) is 18.2 Å². The summed E-state index contributed by atoms with van der Waals surface area (Å²) in [6.07, 6.45) is 1.65. The van der Waals surface area contributed by atoms with E-state index in [9.17, 15) is 0 Å². The minimum absolute atomic E-state index is 0.0850. The smallest absolute Gasteiger partial charge is 0.224 e. The monoisotopic (exact) mass is 344 g/mol. The second-order valence-corrected chi connectivity index (χ2v) is 5.85. The molecule has 8 nitrogen and oxygen atoms in total. The zero-order chi connectivity index (χ0) is 17.1. The first kappa shape index (κ1) is 16.1. The van der Waals surface area contributed by atoms with Gasteiger partial charge in [-0.2, -0.15) is 9.97 Å². The Morgan fingerprint density at radius 3 is 2.58 bits per heavy atom. The van der Waals surface area contributed by atoms with Crippen LogP contribution in [0.3, 0.4) is 0 Å². The number of rotatable bonds is 5. The second-order valence-electron chi connectivity index (χ2n) is 4.81. The van der Waals surface area contributed by atoms with E-state index in [0.717, 1.165) is 10.6 Å². The molecule has 124 valence electrons. The Morgan fingerprint density at radius 2 is 1.83 bits per heavy atom. The summed E-state index contributed by atoms with van der Waals surface area (Å²) in [5.74, 6) is 2.29. The van der Waals surface area contributed by atoms with Crippen LogP contribution in [0.2, 0.25) is 0 Å². The highest BCUT2D eigenvalue weighted by molar-refractivity contribution is 7.98. The molecule has 0 spiro atoms. The van der Waals surface area contributed by atoms with E-state index in [4.69, 9.17) is 20.9 Å². The number of fused-ring (bicyclic) bond motifs is 1. The Bertz CT molecular complexity index is 889. The molecule has 2 aromatic heterocycles. The molecule has 9 heteroatoms. The number of thioether (sulfide) groups is 1. The normalized spacial score (nSPS) is 10.8. The third-order valence-electron chi connectivity index (χ3n) is 3.24. The summed E-state index contributed by atoms with van der Waals surface area (Å²) in [4.78, 5) is 17.7. The van der Waals surface area contributed by atoms with Crippen molar-refractivity contribution in [2.45, 2.75) is 10.6 Å². The summed E-state index contributed by atoms with van der Waals surface area (Å²) in [6, 6.07) is 5.73. The van der Waals surface area contributed by atoms with Gasteiger partial charge >= 0.3 is 0 Å². The van der Waals surface area contributed by atoms with E-state index in [2.05, 4.69) is 19.9 Å². The molecule has 0 aliphatic heterocycles. The van der Waals surface area contributed by atoms with Gasteiger partial charge in [-0.1, -0.05) is 0 Å². The summed E-state index contributed by atoms with van der Waals surface area (Å²) >= 11 is 1.60. The quantitative estimate of drug-likeness (QED) is 0.668. The number of ether oxygens (including phenoxy) is 2. The molecule has 0 bridgehead atoms. The highest BCUT2D eigenvalue weighted by Crippen LogP contribution is 2.33. The average molecular weight is 344 g/mol. The van der Waals surface area contributed by atoms with Crippen molar-refractivity contribution in [1.82, 2.24) is 19.9 Å². The van der Waals surface area contributed by atoms with Crippen molar-refractivity contribution in [3.05, 3.63) is 30.1 Å². The third-order valence-corrected chi connectivity index (χ3v) is 4.27. The molecule has 0 saturated heterocycles. The zero-order valence-corrected chi connectivity index (χ0v) is 14.0. The van der Waals surface area contributed by atoms with Crippen LogP contribution in [0.1, 0.15) is 5.69 Å². The molecule has 0 aliphatic rings. The molecule has 0 aliphatic carbocycles. The van der Waals surface area contributed by atoms with Crippen molar-refractivity contribution in [1.29, 1.82) is 0 Å². The van der Waals surface area contributed by atoms with E-state index in [1.807, 2.05) is 18.2 Å². The highest BCUT2D eigenvalue weighted by Gasteiger charge is 2.09. The van der Waals surface area contributed by atoms with Crippen LogP contribution < -0.4 is 20.9 Å². The number of anilines is 2. The lowest BCUT2D eigenvalue weighted by Crippen LogP contribution is -2.04. The number of methoxy groups -OCH3 is 2. The number of nitrogens with zero attached hydrogens (tertiary/aromatic N) is 4. The van der Waals surface area contributed by atoms with Crippen LogP contribution in [0.4, 0.5) is 11.8 Å². The van der Waals surface area contributed by atoms with Gasteiger partial charge in [0.05, 0.1) is 26.1 Å². The molecule has 0 saturated carbocycles. The van der Waals surface area contributed by atoms with Gasteiger partial charge in [0.2, 0.25) is 5.95 Å². The fourth-order valence-electron chi connectivity index (χ4n) is 2.12. The number of hydrogen-bond donors (Lipinski definition) is 2. The zero-order valence-electron chi connectivity index (χ0n) is 13.2. The maximum Gasteiger partial charge on any atom is 0.224 e. The molecule has 0 fully saturated rings. The SMILES string of the molecule is COc1ccc(SCc2cnc3nc(N)nc(N)c3n2)cc1OC. The molecule has 0 atom stereocenters. The van der Waals surface area contributed by atoms with Crippen molar-refractivity contribution in [3.63, 3.8) is 0 Å². The predicted molar refractivity (Wildman–Crippen MR) is 93.1 cm³/mol. The van der Waals surface area contributed by atoms with Gasteiger partial charge in [0, 0.05) is 10.6 Å². The fourth-order valence-corrected chi connectivity index (χ4v) is 2.92. The standard InChI is InChI=1S/C15H16N6O2S/c1-22-10-4-3-9(5-11(10)23-2)24-7-8-6-18-14-12(19-8)13(16)20-15(17)21-14/h3-6H,7H2,1-2H3,(H4,16,17,18,20,21). The maximum atomic E-state index is 5.83. The summed E-state index contributed by atoms with van der Waals surface area (Å²) in [5.41, 5.74) is 13.0. The molecule has 1 aromatic carbocycles. The van der Waals surface area contributed by atoms with Crippen molar-refractivity contribution in [2.75, 3.05) is 25.7 Å². The molecule has 0 amide bonds. The van der Waals surface area contributed by atoms with Gasteiger partial charge in [-0.25, -0.2) is 9.97 Å². The molecule has 0 radical (unpaired) electrons. The number of aromatic nitrogens is 4. The number of hydrogen-bond acceptors (Lipinski definition) is 9. The summed E-state index contributed by atoms with van der Waals surface area (Å²) < 4.78 is 10.5. The molecule has 4 N–H and O–H groups in total. The minimum atomic E-state index is 0.0850. The Kier molecular flexibility index (Phi) is 4.52. The maximum absolute atomic E-state index is 5.83. The van der Waals surface area contributed by atoms with E-state index in [0.29, 0.717) is 28.4 Å². The molecule has 0 unspecified atom stereocenters. The fraction of sp³-hybridized carbons (Fsp3) is 0.200. The first-order chi connectivity index (χ1) is 11.6. The van der Waals surface area contributed by atoms with Crippen LogP contribution in [-0.2, 0) is 5.75 Å². The van der Waals surface area contributed by atoms with Gasteiger partial charge < -0.3 is 20.9 Å². The Balaban J connectivity index is 1.80. The van der Waals surface area contributed by atoms with E-state index in [-0.39, 0.29) is 11.8 Å². The van der Waals surface area contributed by atoms with Gasteiger partial charge in [-0.3, -0.25) is 0 Å². The number of nitrogen functional groups attached to an aromatic ring is 2. The first-order valence-electron chi connectivity index (χ1n) is 7.00. The third kappa shape index (κ3) is 3.25. The number of benzene rings is 1. The minimum Gasteiger partial charge on any atom is -0.493 e. The summed E-state index contributed by atoms with van der Waals surface area (Å²) in [5, 5.41) is 0. The van der Waals surface area contributed by atoms with Gasteiger partial charge in [0.1, 0.15) is 0 Å². The van der Waals surface area contributed by atoms with Crippen LogP contribution in [-0.4, -0.2) is 34.2 Å². The molecule has 3 aromatic rings. The van der Waals surface area contributed by atoms with E-state index in [1.165, 1.54) is 0 Å². The van der Waals surface area contributed by atoms with Crippen molar-refractivity contribution in [3.8, 4) is 11.5 Å². The van der Waals surface area contributed by atoms with Crippen LogP contribution in [0.25, 0.3) is 11.2 Å². The van der Waals surface area contributed by atoms with Gasteiger partial charge in [-0.15, -0.1) is 11.8 Å². The van der Waals surface area contributed by atoms with Crippen molar-refractivity contribution >= 4 is 34.7 Å². The molecule has 2 heterocycles.